The number of H-pyrrole nitrogens is 1. The van der Waals surface area contributed by atoms with Crippen LogP contribution < -0.4 is 15.6 Å². The van der Waals surface area contributed by atoms with Crippen LogP contribution in [0.1, 0.15) is 41.4 Å². The van der Waals surface area contributed by atoms with Crippen molar-refractivity contribution in [2.75, 3.05) is 6.54 Å². The van der Waals surface area contributed by atoms with Crippen molar-refractivity contribution in [2.45, 2.75) is 33.0 Å². The van der Waals surface area contributed by atoms with Gasteiger partial charge in [0.1, 0.15) is 5.75 Å². The molecule has 0 aliphatic rings. The van der Waals surface area contributed by atoms with Crippen molar-refractivity contribution in [3.05, 3.63) is 63.6 Å². The van der Waals surface area contributed by atoms with Gasteiger partial charge in [0.2, 0.25) is 5.56 Å². The largest absolute Gasteiger partial charge is 0.491 e. The molecule has 0 saturated heterocycles. The molecule has 0 spiro atoms. The molecule has 1 heterocycles. The van der Waals surface area contributed by atoms with Gasteiger partial charge >= 0.3 is 0 Å². The highest BCUT2D eigenvalue weighted by molar-refractivity contribution is 5.95. The minimum absolute atomic E-state index is 0.0712. The maximum absolute atomic E-state index is 12.1. The average Bonchev–Trinajstić information content (AvgIpc) is 2.52. The minimum atomic E-state index is -0.829. The summed E-state index contributed by atoms with van der Waals surface area (Å²) in [6.07, 6.45) is 0.628. The summed E-state index contributed by atoms with van der Waals surface area (Å²) in [6.45, 7) is 5.64. The van der Waals surface area contributed by atoms with Gasteiger partial charge in [-0.2, -0.15) is 0 Å². The highest BCUT2D eigenvalue weighted by Crippen LogP contribution is 2.18. The number of benzene rings is 1. The Labute approximate surface area is 140 Å². The lowest BCUT2D eigenvalue weighted by atomic mass is 10.1. The topological polar surface area (TPSA) is 91.4 Å². The number of aryl methyl sites for hydroxylation is 1. The molecule has 2 rings (SSSR count). The van der Waals surface area contributed by atoms with E-state index < -0.39 is 6.10 Å². The summed E-state index contributed by atoms with van der Waals surface area (Å²) in [6, 6.07) is 8.46. The molecule has 1 amide bonds. The fraction of sp³-hybridized carbons (Fsp3) is 0.333. The van der Waals surface area contributed by atoms with Crippen molar-refractivity contribution in [1.82, 2.24) is 10.3 Å². The number of aliphatic hydroxyl groups excluding tert-OH is 1. The summed E-state index contributed by atoms with van der Waals surface area (Å²) in [5.74, 6) is 0.386. The van der Waals surface area contributed by atoms with Crippen molar-refractivity contribution in [3.63, 3.8) is 0 Å². The van der Waals surface area contributed by atoms with Crippen molar-refractivity contribution in [3.8, 4) is 5.75 Å². The first-order valence-corrected chi connectivity index (χ1v) is 7.79. The predicted molar refractivity (Wildman–Crippen MR) is 91.3 cm³/mol. The number of carbonyl (C=O) groups is 1. The van der Waals surface area contributed by atoms with Crippen LogP contribution in [0.2, 0.25) is 0 Å². The van der Waals surface area contributed by atoms with Crippen LogP contribution in [0.5, 0.6) is 5.75 Å². The van der Waals surface area contributed by atoms with E-state index in [0.29, 0.717) is 16.7 Å². The highest BCUT2D eigenvalue weighted by Gasteiger charge is 2.13. The molecular formula is C18H22N2O4. The van der Waals surface area contributed by atoms with Crippen LogP contribution in [0, 0.1) is 6.92 Å². The van der Waals surface area contributed by atoms with Gasteiger partial charge in [-0.3, -0.25) is 9.59 Å². The molecule has 3 N–H and O–H groups in total. The molecule has 0 aliphatic heterocycles. The fourth-order valence-electron chi connectivity index (χ4n) is 2.26. The zero-order valence-corrected chi connectivity index (χ0v) is 14.0. The van der Waals surface area contributed by atoms with Crippen LogP contribution in [0.3, 0.4) is 0 Å². The second-order valence-corrected chi connectivity index (χ2v) is 5.86. The van der Waals surface area contributed by atoms with Gasteiger partial charge in [-0.15, -0.1) is 0 Å². The molecule has 1 atom stereocenters. The normalized spacial score (nSPS) is 12.0. The van der Waals surface area contributed by atoms with E-state index in [1.807, 2.05) is 13.8 Å². The van der Waals surface area contributed by atoms with E-state index in [4.69, 9.17) is 4.74 Å². The van der Waals surface area contributed by atoms with Crippen LogP contribution >= 0.6 is 0 Å². The summed E-state index contributed by atoms with van der Waals surface area (Å²) < 4.78 is 5.55. The first-order valence-electron chi connectivity index (χ1n) is 7.79. The Balaban J connectivity index is 1.95. The Bertz CT molecular complexity index is 750. The number of aromatic nitrogens is 1. The van der Waals surface area contributed by atoms with Crippen LogP contribution in [-0.2, 0) is 0 Å². The minimum Gasteiger partial charge on any atom is -0.491 e. The molecule has 6 nitrogen and oxygen atoms in total. The van der Waals surface area contributed by atoms with Gasteiger partial charge in [0.25, 0.3) is 5.91 Å². The number of aliphatic hydroxyl groups is 1. The molecule has 0 bridgehead atoms. The smallest absolute Gasteiger partial charge is 0.253 e. The first-order chi connectivity index (χ1) is 11.4. The number of hydrogen-bond donors (Lipinski definition) is 3. The third-order valence-corrected chi connectivity index (χ3v) is 3.47. The molecule has 0 saturated carbocycles. The maximum Gasteiger partial charge on any atom is 0.253 e. The van der Waals surface area contributed by atoms with Crippen LogP contribution in [0.25, 0.3) is 0 Å². The summed E-state index contributed by atoms with van der Waals surface area (Å²) in [7, 11) is 0. The number of hydrogen-bond acceptors (Lipinski definition) is 4. The zero-order valence-electron chi connectivity index (χ0n) is 14.0. The van der Waals surface area contributed by atoms with Crippen LogP contribution in [0.15, 0.2) is 41.3 Å². The second-order valence-electron chi connectivity index (χ2n) is 5.86. The molecule has 0 aliphatic carbocycles. The van der Waals surface area contributed by atoms with Gasteiger partial charge in [-0.25, -0.2) is 0 Å². The number of rotatable bonds is 6. The van der Waals surface area contributed by atoms with E-state index in [0.717, 1.165) is 5.75 Å². The molecule has 1 unspecified atom stereocenters. The van der Waals surface area contributed by atoms with Gasteiger partial charge in [0.15, 0.2) is 0 Å². The third kappa shape index (κ3) is 4.70. The molecule has 0 fully saturated rings. The lowest BCUT2D eigenvalue weighted by Gasteiger charge is -2.14. The fourth-order valence-corrected chi connectivity index (χ4v) is 2.26. The molecular weight excluding hydrogens is 308 g/mol. The van der Waals surface area contributed by atoms with E-state index in [9.17, 15) is 14.7 Å². The van der Waals surface area contributed by atoms with Gasteiger partial charge in [0, 0.05) is 18.8 Å². The summed E-state index contributed by atoms with van der Waals surface area (Å²) in [5.41, 5.74) is 1.39. The SMILES string of the molecule is Cc1cc(=O)[nH]cc1C(=O)NCC(O)c1ccc(OC(C)C)cc1. The molecule has 1 aromatic heterocycles. The Morgan fingerprint density at radius 1 is 1.29 bits per heavy atom. The quantitative estimate of drug-likeness (QED) is 0.755. The number of nitrogens with one attached hydrogen (secondary N) is 2. The Kier molecular flexibility index (Phi) is 5.76. The van der Waals surface area contributed by atoms with E-state index in [1.54, 1.807) is 31.2 Å². The number of ether oxygens (including phenoxy) is 1. The monoisotopic (exact) mass is 330 g/mol. The van der Waals surface area contributed by atoms with Gasteiger partial charge in [-0.05, 0) is 44.0 Å². The van der Waals surface area contributed by atoms with Gasteiger partial charge in [-0.1, -0.05) is 12.1 Å². The van der Waals surface area contributed by atoms with Crippen LogP contribution in [-0.4, -0.2) is 28.6 Å². The Morgan fingerprint density at radius 3 is 2.54 bits per heavy atom. The standard InChI is InChI=1S/C18H22N2O4/c1-11(2)24-14-6-4-13(5-7-14)16(21)10-20-18(23)15-9-19-17(22)8-12(15)3/h4-9,11,16,21H,10H2,1-3H3,(H,19,22)(H,20,23). The zero-order chi connectivity index (χ0) is 17.7. The molecule has 6 heteroatoms. The van der Waals surface area contributed by atoms with Crippen molar-refractivity contribution in [1.29, 1.82) is 0 Å². The van der Waals surface area contributed by atoms with E-state index in [-0.39, 0.29) is 24.1 Å². The summed E-state index contributed by atoms with van der Waals surface area (Å²) >= 11 is 0. The lowest BCUT2D eigenvalue weighted by molar-refractivity contribution is 0.0915. The van der Waals surface area contributed by atoms with E-state index in [2.05, 4.69) is 10.3 Å². The van der Waals surface area contributed by atoms with Crippen molar-refractivity contribution in [2.24, 2.45) is 0 Å². The number of amides is 1. The number of pyridine rings is 1. The maximum atomic E-state index is 12.1. The Morgan fingerprint density at radius 2 is 1.96 bits per heavy atom. The van der Waals surface area contributed by atoms with Crippen molar-refractivity contribution >= 4 is 5.91 Å². The van der Waals surface area contributed by atoms with Gasteiger partial charge in [0.05, 0.1) is 17.8 Å². The first kappa shape index (κ1) is 17.7. The molecule has 2 aromatic rings. The second kappa shape index (κ2) is 7.79. The van der Waals surface area contributed by atoms with Crippen LogP contribution in [0.4, 0.5) is 0 Å². The number of aromatic amines is 1. The van der Waals surface area contributed by atoms with Crippen molar-refractivity contribution < 1.29 is 14.6 Å². The molecule has 128 valence electrons. The molecule has 1 aromatic carbocycles. The summed E-state index contributed by atoms with van der Waals surface area (Å²) in [4.78, 5) is 25.8. The average molecular weight is 330 g/mol. The van der Waals surface area contributed by atoms with Gasteiger partial charge < -0.3 is 20.1 Å². The summed E-state index contributed by atoms with van der Waals surface area (Å²) in [5, 5.41) is 12.9. The number of carbonyl (C=O) groups excluding carboxylic acids is 1. The third-order valence-electron chi connectivity index (χ3n) is 3.47. The lowest BCUT2D eigenvalue weighted by Crippen LogP contribution is -2.29. The Hall–Kier alpha value is -2.60. The molecule has 0 radical (unpaired) electrons. The van der Waals surface area contributed by atoms with E-state index in [1.165, 1.54) is 12.3 Å². The van der Waals surface area contributed by atoms with E-state index >= 15 is 0 Å². The molecule has 24 heavy (non-hydrogen) atoms. The highest BCUT2D eigenvalue weighted by atomic mass is 16.5. The predicted octanol–water partition coefficient (Wildman–Crippen LogP) is 1.93.